The minimum absolute atomic E-state index is 0.411. The summed E-state index contributed by atoms with van der Waals surface area (Å²) in [7, 11) is 4.27. The minimum atomic E-state index is 0.411. The van der Waals surface area contributed by atoms with Crippen molar-refractivity contribution in [1.29, 1.82) is 0 Å². The lowest BCUT2D eigenvalue weighted by atomic mass is 9.84. The van der Waals surface area contributed by atoms with Gasteiger partial charge in [0.05, 0.1) is 0 Å². The van der Waals surface area contributed by atoms with Crippen molar-refractivity contribution in [2.24, 2.45) is 11.8 Å². The quantitative estimate of drug-likeness (QED) is 0.282. The Morgan fingerprint density at radius 3 is 2.52 bits per heavy atom. The van der Waals surface area contributed by atoms with Gasteiger partial charge in [-0.25, -0.2) is 4.98 Å². The summed E-state index contributed by atoms with van der Waals surface area (Å²) in [5.74, 6) is 1.46. The maximum Gasteiger partial charge on any atom is 0.139 e. The van der Waals surface area contributed by atoms with E-state index >= 15 is 0 Å². The third-order valence-electron chi connectivity index (χ3n) is 9.93. The molecule has 0 saturated carbocycles. The van der Waals surface area contributed by atoms with E-state index in [0.717, 1.165) is 83.0 Å². The first-order chi connectivity index (χ1) is 21.5. The smallest absolute Gasteiger partial charge is 0.139 e. The zero-order chi connectivity index (χ0) is 31.1. The van der Waals surface area contributed by atoms with Crippen LogP contribution in [0.2, 0.25) is 0 Å². The normalized spacial score (nSPS) is 23.4. The SMILES string of the molecule is C=CC1C=CC(Cn2ccc3cc(C4CCN(C(=C)c5cccc(CN6CCN(C)CC6)c5)CC4)cnc32)CC1NC.CC. The highest BCUT2D eigenvalue weighted by molar-refractivity contribution is 5.77. The molecular formula is C38H54N6. The number of allylic oxidation sites excluding steroid dienone is 1. The fourth-order valence-electron chi connectivity index (χ4n) is 7.17. The Kier molecular flexibility index (Phi) is 11.1. The minimum Gasteiger partial charge on any atom is -0.371 e. The molecule has 44 heavy (non-hydrogen) atoms. The highest BCUT2D eigenvalue weighted by Crippen LogP contribution is 2.33. The molecule has 236 valence electrons. The Labute approximate surface area is 266 Å². The first-order valence-corrected chi connectivity index (χ1v) is 16.9. The third kappa shape index (κ3) is 7.53. The number of piperazine rings is 1. The molecule has 1 aliphatic carbocycles. The number of benzene rings is 1. The lowest BCUT2D eigenvalue weighted by molar-refractivity contribution is 0.148. The molecule has 3 atom stereocenters. The summed E-state index contributed by atoms with van der Waals surface area (Å²) in [6.45, 7) is 21.2. The molecule has 3 aromatic rings. The van der Waals surface area contributed by atoms with Gasteiger partial charge in [0, 0.05) is 87.8 Å². The van der Waals surface area contributed by atoms with Crippen molar-refractivity contribution in [1.82, 2.24) is 29.6 Å². The van der Waals surface area contributed by atoms with Crippen LogP contribution in [-0.2, 0) is 13.1 Å². The monoisotopic (exact) mass is 594 g/mol. The van der Waals surface area contributed by atoms with Gasteiger partial charge in [0.2, 0.25) is 0 Å². The van der Waals surface area contributed by atoms with Gasteiger partial charge in [0.1, 0.15) is 5.65 Å². The summed E-state index contributed by atoms with van der Waals surface area (Å²) >= 11 is 0. The Morgan fingerprint density at radius 2 is 1.80 bits per heavy atom. The molecule has 0 spiro atoms. The molecule has 3 unspecified atom stereocenters. The summed E-state index contributed by atoms with van der Waals surface area (Å²) in [5.41, 5.74) is 6.29. The number of likely N-dealkylation sites (N-methyl/N-ethyl adjacent to an activating group) is 1. The first kappa shape index (κ1) is 32.2. The number of rotatable bonds is 9. The van der Waals surface area contributed by atoms with Gasteiger partial charge in [-0.2, -0.15) is 0 Å². The average molecular weight is 595 g/mol. The summed E-state index contributed by atoms with van der Waals surface area (Å²) in [5, 5.41) is 4.73. The second-order valence-corrected chi connectivity index (χ2v) is 12.7. The third-order valence-corrected chi connectivity index (χ3v) is 9.93. The second-order valence-electron chi connectivity index (χ2n) is 12.7. The highest BCUT2D eigenvalue weighted by Gasteiger charge is 2.25. The maximum atomic E-state index is 4.98. The summed E-state index contributed by atoms with van der Waals surface area (Å²) < 4.78 is 2.33. The van der Waals surface area contributed by atoms with Crippen LogP contribution in [0.4, 0.5) is 0 Å². The van der Waals surface area contributed by atoms with Gasteiger partial charge in [0.25, 0.3) is 0 Å². The lowest BCUT2D eigenvalue weighted by Crippen LogP contribution is -2.43. The lowest BCUT2D eigenvalue weighted by Gasteiger charge is -2.35. The Balaban J connectivity index is 0.00000188. The molecule has 1 aromatic carbocycles. The number of pyridine rings is 1. The van der Waals surface area contributed by atoms with E-state index in [2.05, 4.69) is 119 Å². The van der Waals surface area contributed by atoms with Crippen molar-refractivity contribution in [3.05, 3.63) is 96.9 Å². The molecule has 6 rings (SSSR count). The van der Waals surface area contributed by atoms with Gasteiger partial charge in [-0.05, 0) is 80.1 Å². The Morgan fingerprint density at radius 1 is 1.02 bits per heavy atom. The molecule has 2 aromatic heterocycles. The van der Waals surface area contributed by atoms with Crippen LogP contribution in [0.3, 0.4) is 0 Å². The second kappa shape index (κ2) is 15.2. The first-order valence-electron chi connectivity index (χ1n) is 16.9. The predicted molar refractivity (Wildman–Crippen MR) is 187 cm³/mol. The maximum absolute atomic E-state index is 4.98. The van der Waals surface area contributed by atoms with E-state index in [1.807, 2.05) is 13.8 Å². The highest BCUT2D eigenvalue weighted by atomic mass is 15.2. The van der Waals surface area contributed by atoms with E-state index in [4.69, 9.17) is 4.98 Å². The molecule has 0 radical (unpaired) electrons. The molecule has 2 fully saturated rings. The van der Waals surface area contributed by atoms with E-state index in [1.165, 1.54) is 22.1 Å². The molecule has 6 heteroatoms. The number of fused-ring (bicyclic) bond motifs is 1. The van der Waals surface area contributed by atoms with Crippen LogP contribution in [0, 0.1) is 11.8 Å². The van der Waals surface area contributed by atoms with Gasteiger partial charge >= 0.3 is 0 Å². The van der Waals surface area contributed by atoms with Crippen molar-refractivity contribution in [2.75, 3.05) is 53.4 Å². The number of hydrogen-bond donors (Lipinski definition) is 1. The van der Waals surface area contributed by atoms with Gasteiger partial charge in [-0.1, -0.05) is 56.9 Å². The van der Waals surface area contributed by atoms with E-state index in [0.29, 0.717) is 23.8 Å². The summed E-state index contributed by atoms with van der Waals surface area (Å²) in [6.07, 6.45) is 14.5. The molecule has 2 saturated heterocycles. The van der Waals surface area contributed by atoms with Crippen LogP contribution in [0.25, 0.3) is 16.7 Å². The van der Waals surface area contributed by atoms with Gasteiger partial charge < -0.3 is 19.7 Å². The molecule has 6 nitrogen and oxygen atoms in total. The molecule has 0 bridgehead atoms. The van der Waals surface area contributed by atoms with Crippen molar-refractivity contribution in [2.45, 2.75) is 58.2 Å². The van der Waals surface area contributed by atoms with Crippen LogP contribution >= 0.6 is 0 Å². The molecule has 0 amide bonds. The van der Waals surface area contributed by atoms with Gasteiger partial charge in [-0.15, -0.1) is 6.58 Å². The zero-order valence-corrected chi connectivity index (χ0v) is 27.6. The van der Waals surface area contributed by atoms with Crippen LogP contribution < -0.4 is 5.32 Å². The van der Waals surface area contributed by atoms with Crippen molar-refractivity contribution >= 4 is 16.7 Å². The molecule has 2 aliphatic heterocycles. The van der Waals surface area contributed by atoms with Crippen molar-refractivity contribution in [3.8, 4) is 0 Å². The standard InChI is InChI=1S/C36H48N6.C2H6/c1-5-30-10-9-29(22-35(30)37-3)26-42-16-13-33-23-34(24-38-36(33)42)31-11-14-41(15-12-31)27(2)32-8-6-7-28(21-32)25-40-19-17-39(4)18-20-40;1-2/h5-10,13,16,21,23-24,29-31,35,37H,1-2,11-12,14-15,17-20,22,25-26H2,3-4H3;1-2H3. The molecular weight excluding hydrogens is 540 g/mol. The van der Waals surface area contributed by atoms with E-state index < -0.39 is 0 Å². The summed E-state index contributed by atoms with van der Waals surface area (Å²) in [6, 6.07) is 14.1. The molecule has 3 aliphatic rings. The predicted octanol–water partition coefficient (Wildman–Crippen LogP) is 6.63. The number of hydrogen-bond acceptors (Lipinski definition) is 5. The van der Waals surface area contributed by atoms with E-state index in [1.54, 1.807) is 0 Å². The number of piperidine rings is 1. The van der Waals surface area contributed by atoms with Crippen LogP contribution in [-0.4, -0.2) is 83.7 Å². The topological polar surface area (TPSA) is 39.6 Å². The van der Waals surface area contributed by atoms with Crippen LogP contribution in [0.15, 0.2) is 80.2 Å². The number of aromatic nitrogens is 2. The molecule has 4 heterocycles. The molecule has 1 N–H and O–H groups in total. The van der Waals surface area contributed by atoms with Crippen molar-refractivity contribution < 1.29 is 0 Å². The summed E-state index contributed by atoms with van der Waals surface area (Å²) in [4.78, 5) is 12.5. The largest absolute Gasteiger partial charge is 0.371 e. The number of likely N-dealkylation sites (tertiary alicyclic amines) is 1. The number of nitrogens with one attached hydrogen (secondary N) is 1. The van der Waals surface area contributed by atoms with Gasteiger partial charge in [-0.3, -0.25) is 4.90 Å². The van der Waals surface area contributed by atoms with Crippen molar-refractivity contribution in [3.63, 3.8) is 0 Å². The Bertz CT molecular complexity index is 1410. The zero-order valence-electron chi connectivity index (χ0n) is 27.6. The Hall–Kier alpha value is -3.19. The number of nitrogens with zero attached hydrogens (tertiary/aromatic N) is 5. The fourth-order valence-corrected chi connectivity index (χ4v) is 7.17. The average Bonchev–Trinajstić information content (AvgIpc) is 3.48. The van der Waals surface area contributed by atoms with Crippen LogP contribution in [0.1, 0.15) is 55.7 Å². The fraction of sp³-hybridized carbons (Fsp3) is 0.500. The van der Waals surface area contributed by atoms with E-state index in [-0.39, 0.29) is 0 Å². The van der Waals surface area contributed by atoms with Gasteiger partial charge in [0.15, 0.2) is 0 Å². The van der Waals surface area contributed by atoms with Crippen LogP contribution in [0.5, 0.6) is 0 Å². The van der Waals surface area contributed by atoms with E-state index in [9.17, 15) is 0 Å².